The molecule has 0 aromatic rings. The first-order valence-corrected chi connectivity index (χ1v) is 6.25. The van der Waals surface area contributed by atoms with Crippen molar-refractivity contribution >= 4 is 11.9 Å². The zero-order valence-corrected chi connectivity index (χ0v) is 10.1. The van der Waals surface area contributed by atoms with Gasteiger partial charge in [0, 0.05) is 6.54 Å². The molecule has 4 unspecified atom stereocenters. The summed E-state index contributed by atoms with van der Waals surface area (Å²) >= 11 is 0. The van der Waals surface area contributed by atoms with E-state index in [1.807, 2.05) is 12.2 Å². The van der Waals surface area contributed by atoms with E-state index in [1.165, 1.54) is 6.42 Å². The highest BCUT2D eigenvalue weighted by atomic mass is 16.4. The predicted molar refractivity (Wildman–Crippen MR) is 63.3 cm³/mol. The number of carboxylic acids is 1. The van der Waals surface area contributed by atoms with Gasteiger partial charge in [-0.05, 0) is 31.1 Å². The molecule has 4 heteroatoms. The highest BCUT2D eigenvalue weighted by Crippen LogP contribution is 2.37. The normalized spacial score (nSPS) is 35.4. The van der Waals surface area contributed by atoms with Gasteiger partial charge in [-0.25, -0.2) is 0 Å². The highest BCUT2D eigenvalue weighted by molar-refractivity contribution is 5.85. The molecule has 2 N–H and O–H groups in total. The number of amides is 1. The van der Waals surface area contributed by atoms with E-state index >= 15 is 0 Å². The molecular formula is C13H19NO3. The van der Waals surface area contributed by atoms with E-state index in [1.54, 1.807) is 0 Å². The Morgan fingerprint density at radius 2 is 1.88 bits per heavy atom. The first kappa shape index (κ1) is 12.1. The lowest BCUT2D eigenvalue weighted by molar-refractivity contribution is -0.147. The van der Waals surface area contributed by atoms with Crippen LogP contribution in [-0.2, 0) is 9.59 Å². The van der Waals surface area contributed by atoms with Crippen molar-refractivity contribution in [1.82, 2.24) is 5.32 Å². The maximum absolute atomic E-state index is 11.9. The van der Waals surface area contributed by atoms with Crippen molar-refractivity contribution in [2.45, 2.75) is 26.2 Å². The summed E-state index contributed by atoms with van der Waals surface area (Å²) in [6.45, 7) is 2.87. The van der Waals surface area contributed by atoms with Crippen LogP contribution in [-0.4, -0.2) is 23.5 Å². The first-order valence-electron chi connectivity index (χ1n) is 6.25. The van der Waals surface area contributed by atoms with E-state index in [4.69, 9.17) is 5.11 Å². The van der Waals surface area contributed by atoms with Gasteiger partial charge in [0.1, 0.15) is 0 Å². The molecule has 0 aromatic heterocycles. The standard InChI is InChI=1S/C13H19NO3/c1-8-6-9(8)7-14-12(15)10-4-2-3-5-11(10)13(16)17/h2-3,8-11H,4-7H2,1H3,(H,14,15)(H,16,17). The Morgan fingerprint density at radius 1 is 1.29 bits per heavy atom. The minimum atomic E-state index is -0.866. The number of aliphatic carboxylic acids is 1. The van der Waals surface area contributed by atoms with Crippen LogP contribution in [0.1, 0.15) is 26.2 Å². The molecule has 1 saturated carbocycles. The summed E-state index contributed by atoms with van der Waals surface area (Å²) in [5.74, 6) is -0.614. The third-order valence-electron chi connectivity index (χ3n) is 3.90. The van der Waals surface area contributed by atoms with Gasteiger partial charge in [0.25, 0.3) is 0 Å². The Labute approximate surface area is 101 Å². The van der Waals surface area contributed by atoms with Crippen molar-refractivity contribution in [2.75, 3.05) is 6.54 Å². The van der Waals surface area contributed by atoms with E-state index in [0.29, 0.717) is 31.2 Å². The lowest BCUT2D eigenvalue weighted by atomic mass is 9.82. The maximum atomic E-state index is 11.9. The predicted octanol–water partition coefficient (Wildman–Crippen LogP) is 1.43. The maximum Gasteiger partial charge on any atom is 0.307 e. The Bertz CT molecular complexity index is 351. The second kappa shape index (κ2) is 4.90. The van der Waals surface area contributed by atoms with Crippen molar-refractivity contribution in [3.63, 3.8) is 0 Å². The fourth-order valence-electron chi connectivity index (χ4n) is 2.42. The summed E-state index contributed by atoms with van der Waals surface area (Å²) in [6.07, 6.45) is 5.94. The van der Waals surface area contributed by atoms with Crippen LogP contribution >= 0.6 is 0 Å². The molecule has 1 amide bonds. The molecule has 2 aliphatic rings. The topological polar surface area (TPSA) is 66.4 Å². The molecule has 0 radical (unpaired) electrons. The molecule has 0 saturated heterocycles. The van der Waals surface area contributed by atoms with Crippen molar-refractivity contribution in [3.8, 4) is 0 Å². The van der Waals surface area contributed by atoms with Gasteiger partial charge in [-0.1, -0.05) is 19.1 Å². The number of carbonyl (C=O) groups is 2. The van der Waals surface area contributed by atoms with Gasteiger partial charge >= 0.3 is 5.97 Å². The number of allylic oxidation sites excluding steroid dienone is 2. The Balaban J connectivity index is 1.87. The van der Waals surface area contributed by atoms with E-state index in [9.17, 15) is 9.59 Å². The van der Waals surface area contributed by atoms with E-state index in [-0.39, 0.29) is 5.91 Å². The Morgan fingerprint density at radius 3 is 2.41 bits per heavy atom. The number of rotatable bonds is 4. The Hall–Kier alpha value is -1.32. The van der Waals surface area contributed by atoms with Crippen LogP contribution in [0, 0.1) is 23.7 Å². The third-order valence-corrected chi connectivity index (χ3v) is 3.90. The van der Waals surface area contributed by atoms with Crippen LogP contribution < -0.4 is 5.32 Å². The van der Waals surface area contributed by atoms with Gasteiger partial charge in [-0.15, -0.1) is 0 Å². The summed E-state index contributed by atoms with van der Waals surface area (Å²) in [7, 11) is 0. The fraction of sp³-hybridized carbons (Fsp3) is 0.692. The molecule has 0 spiro atoms. The van der Waals surface area contributed by atoms with Crippen molar-refractivity contribution in [3.05, 3.63) is 12.2 Å². The van der Waals surface area contributed by atoms with Crippen molar-refractivity contribution in [1.29, 1.82) is 0 Å². The minimum absolute atomic E-state index is 0.0964. The average Bonchev–Trinajstić information content (AvgIpc) is 3.02. The van der Waals surface area contributed by atoms with E-state index in [2.05, 4.69) is 12.2 Å². The molecule has 2 aliphatic carbocycles. The molecule has 4 nitrogen and oxygen atoms in total. The van der Waals surface area contributed by atoms with Crippen molar-refractivity contribution < 1.29 is 14.7 Å². The van der Waals surface area contributed by atoms with E-state index in [0.717, 1.165) is 0 Å². The number of carboxylic acid groups (broad SMARTS) is 1. The first-order chi connectivity index (χ1) is 8.09. The fourth-order valence-corrected chi connectivity index (χ4v) is 2.42. The molecule has 4 atom stereocenters. The number of nitrogens with one attached hydrogen (secondary N) is 1. The second-order valence-corrected chi connectivity index (χ2v) is 5.21. The monoisotopic (exact) mass is 237 g/mol. The quantitative estimate of drug-likeness (QED) is 0.727. The van der Waals surface area contributed by atoms with E-state index < -0.39 is 17.8 Å². The summed E-state index contributed by atoms with van der Waals surface area (Å²) in [5.41, 5.74) is 0. The zero-order valence-electron chi connectivity index (χ0n) is 10.1. The van der Waals surface area contributed by atoms with Crippen molar-refractivity contribution in [2.24, 2.45) is 23.7 Å². The summed E-state index contributed by atoms with van der Waals surface area (Å²) in [4.78, 5) is 23.0. The summed E-state index contributed by atoms with van der Waals surface area (Å²) in [6, 6.07) is 0. The molecule has 0 aliphatic heterocycles. The SMILES string of the molecule is CC1CC1CNC(=O)C1CC=CCC1C(=O)O. The molecule has 94 valence electrons. The molecule has 0 bridgehead atoms. The molecule has 1 fully saturated rings. The largest absolute Gasteiger partial charge is 0.481 e. The molecule has 17 heavy (non-hydrogen) atoms. The van der Waals surface area contributed by atoms with Crippen LogP contribution in [0.4, 0.5) is 0 Å². The summed E-state index contributed by atoms with van der Waals surface area (Å²) < 4.78 is 0. The van der Waals surface area contributed by atoms with Gasteiger partial charge in [0.2, 0.25) is 5.91 Å². The molecule has 0 aromatic carbocycles. The number of carbonyl (C=O) groups excluding carboxylic acids is 1. The highest BCUT2D eigenvalue weighted by Gasteiger charge is 2.36. The smallest absolute Gasteiger partial charge is 0.307 e. The van der Waals surface area contributed by atoms with Gasteiger partial charge in [0.15, 0.2) is 0 Å². The number of hydrogen-bond acceptors (Lipinski definition) is 2. The minimum Gasteiger partial charge on any atom is -0.481 e. The van der Waals surface area contributed by atoms with Gasteiger partial charge in [0.05, 0.1) is 11.8 Å². The van der Waals surface area contributed by atoms with Gasteiger partial charge in [-0.2, -0.15) is 0 Å². The zero-order chi connectivity index (χ0) is 12.4. The van der Waals surface area contributed by atoms with Gasteiger partial charge < -0.3 is 10.4 Å². The lowest BCUT2D eigenvalue weighted by Gasteiger charge is -2.24. The third kappa shape index (κ3) is 2.87. The van der Waals surface area contributed by atoms with Crippen LogP contribution in [0.25, 0.3) is 0 Å². The van der Waals surface area contributed by atoms with Gasteiger partial charge in [-0.3, -0.25) is 9.59 Å². The molecule has 2 rings (SSSR count). The van der Waals surface area contributed by atoms with Crippen LogP contribution in [0.2, 0.25) is 0 Å². The molecule has 0 heterocycles. The average molecular weight is 237 g/mol. The van der Waals surface area contributed by atoms with Crippen LogP contribution in [0.15, 0.2) is 12.2 Å². The second-order valence-electron chi connectivity index (χ2n) is 5.21. The number of hydrogen-bond donors (Lipinski definition) is 2. The van der Waals surface area contributed by atoms with Crippen LogP contribution in [0.5, 0.6) is 0 Å². The molecular weight excluding hydrogens is 218 g/mol. The van der Waals surface area contributed by atoms with Crippen LogP contribution in [0.3, 0.4) is 0 Å². The Kier molecular flexibility index (Phi) is 3.50. The summed E-state index contributed by atoms with van der Waals surface area (Å²) in [5, 5.41) is 12.0. The lowest BCUT2D eigenvalue weighted by Crippen LogP contribution is -2.39.